The molecule has 140 valence electrons. The van der Waals surface area contributed by atoms with Crippen molar-refractivity contribution in [1.82, 2.24) is 0 Å². The quantitative estimate of drug-likeness (QED) is 0.484. The number of fused-ring (bicyclic) bond motifs is 1. The third-order valence-corrected chi connectivity index (χ3v) is 5.07. The summed E-state index contributed by atoms with van der Waals surface area (Å²) < 4.78 is 11.4. The fraction of sp³-hybridized carbons (Fsp3) is 0.150. The molecule has 0 aliphatic carbocycles. The van der Waals surface area contributed by atoms with Gasteiger partial charge < -0.3 is 20.6 Å². The van der Waals surface area contributed by atoms with Crippen molar-refractivity contribution < 1.29 is 24.3 Å². The second kappa shape index (κ2) is 7.62. The van der Waals surface area contributed by atoms with Crippen molar-refractivity contribution >= 4 is 24.3 Å². The van der Waals surface area contributed by atoms with Gasteiger partial charge in [-0.1, -0.05) is 54.6 Å². The topological polar surface area (TPSA) is 121 Å². The number of carboxylic acid groups (broad SMARTS) is 1. The molecule has 3 rings (SSSR count). The summed E-state index contributed by atoms with van der Waals surface area (Å²) in [6.45, 7) is 0. The van der Waals surface area contributed by atoms with Gasteiger partial charge in [-0.3, -0.25) is 9.36 Å². The Hall–Kier alpha value is -2.50. The van der Waals surface area contributed by atoms with Crippen LogP contribution in [0.1, 0.15) is 11.1 Å². The molecule has 0 amide bonds. The van der Waals surface area contributed by atoms with E-state index in [1.807, 2.05) is 48.5 Å². The van der Waals surface area contributed by atoms with E-state index in [0.717, 1.165) is 21.9 Å². The summed E-state index contributed by atoms with van der Waals surface area (Å²) >= 11 is 0. The summed E-state index contributed by atoms with van der Waals surface area (Å²) in [6, 6.07) is 17.8. The zero-order valence-electron chi connectivity index (χ0n) is 14.4. The third-order valence-electron chi connectivity index (χ3n) is 4.30. The lowest BCUT2D eigenvalue weighted by Gasteiger charge is -2.13. The number of benzene rings is 3. The van der Waals surface area contributed by atoms with Gasteiger partial charge in [-0.15, -0.1) is 0 Å². The lowest BCUT2D eigenvalue weighted by Crippen LogP contribution is -2.32. The molecule has 0 radical (unpaired) electrons. The van der Waals surface area contributed by atoms with Gasteiger partial charge in [-0.2, -0.15) is 0 Å². The third kappa shape index (κ3) is 5.02. The number of rotatable bonds is 6. The number of aliphatic carboxylic acids is 1. The molecular weight excluding hydrogens is 365 g/mol. The van der Waals surface area contributed by atoms with Crippen molar-refractivity contribution in [1.29, 1.82) is 0 Å². The molecule has 0 spiro atoms. The average molecular weight is 385 g/mol. The average Bonchev–Trinajstić information content (AvgIpc) is 2.59. The van der Waals surface area contributed by atoms with Gasteiger partial charge in [0.2, 0.25) is 0 Å². The van der Waals surface area contributed by atoms with Gasteiger partial charge in [0.25, 0.3) is 0 Å². The van der Waals surface area contributed by atoms with Crippen LogP contribution in [0.15, 0.2) is 60.7 Å². The SMILES string of the molecule is N[C@@H](Cc1cc(CP(=O)(O)O)cc(-c2ccc3ccccc3c2)c1)C(=O)O. The molecule has 3 aromatic rings. The second-order valence-electron chi connectivity index (χ2n) is 6.57. The summed E-state index contributed by atoms with van der Waals surface area (Å²) in [4.78, 5) is 29.7. The van der Waals surface area contributed by atoms with Crippen molar-refractivity contribution in [2.45, 2.75) is 18.6 Å². The fourth-order valence-electron chi connectivity index (χ4n) is 3.09. The zero-order valence-corrected chi connectivity index (χ0v) is 15.3. The Kier molecular flexibility index (Phi) is 5.44. The highest BCUT2D eigenvalue weighted by Gasteiger charge is 2.18. The number of carboxylic acids is 1. The molecule has 0 saturated heterocycles. The molecule has 27 heavy (non-hydrogen) atoms. The maximum atomic E-state index is 11.4. The van der Waals surface area contributed by atoms with Crippen LogP contribution in [-0.2, 0) is 21.9 Å². The molecule has 0 aliphatic heterocycles. The molecule has 7 heteroatoms. The smallest absolute Gasteiger partial charge is 0.329 e. The maximum absolute atomic E-state index is 11.4. The Balaban J connectivity index is 2.07. The van der Waals surface area contributed by atoms with E-state index in [9.17, 15) is 19.1 Å². The first-order valence-corrected chi connectivity index (χ1v) is 10.2. The van der Waals surface area contributed by atoms with E-state index in [1.54, 1.807) is 12.1 Å². The van der Waals surface area contributed by atoms with Crippen molar-refractivity contribution in [2.24, 2.45) is 5.73 Å². The van der Waals surface area contributed by atoms with Crippen molar-refractivity contribution in [3.63, 3.8) is 0 Å². The number of carbonyl (C=O) groups is 1. The predicted octanol–water partition coefficient (Wildman–Crippen LogP) is 3.14. The zero-order chi connectivity index (χ0) is 19.6. The maximum Gasteiger partial charge on any atom is 0.329 e. The Labute approximate surface area is 156 Å². The first-order chi connectivity index (χ1) is 12.7. The second-order valence-corrected chi connectivity index (χ2v) is 8.22. The van der Waals surface area contributed by atoms with E-state index in [-0.39, 0.29) is 6.42 Å². The molecule has 0 fully saturated rings. The highest BCUT2D eigenvalue weighted by molar-refractivity contribution is 7.50. The number of nitrogens with two attached hydrogens (primary N) is 1. The Morgan fingerprint density at radius 2 is 1.59 bits per heavy atom. The van der Waals surface area contributed by atoms with Gasteiger partial charge in [0.05, 0.1) is 6.16 Å². The molecule has 0 heterocycles. The minimum atomic E-state index is -4.26. The van der Waals surface area contributed by atoms with Gasteiger partial charge in [0.15, 0.2) is 0 Å². The Morgan fingerprint density at radius 1 is 0.926 bits per heavy atom. The van der Waals surface area contributed by atoms with Crippen LogP contribution >= 0.6 is 7.60 Å². The standard InChI is InChI=1S/C20H20NO5P/c21-19(20(22)23)10-13-7-14(12-27(24,25)26)9-18(8-13)17-6-5-15-3-1-2-4-16(15)11-17/h1-9,11,19H,10,12,21H2,(H,22,23)(H2,24,25,26)/t19-/m0/s1. The summed E-state index contributed by atoms with van der Waals surface area (Å²) in [5.74, 6) is -1.12. The largest absolute Gasteiger partial charge is 0.480 e. The van der Waals surface area contributed by atoms with E-state index in [1.165, 1.54) is 0 Å². The van der Waals surface area contributed by atoms with Crippen LogP contribution in [0.2, 0.25) is 0 Å². The molecule has 1 atom stereocenters. The molecule has 0 bridgehead atoms. The fourth-order valence-corrected chi connectivity index (χ4v) is 3.74. The van der Waals surface area contributed by atoms with E-state index in [2.05, 4.69) is 0 Å². The van der Waals surface area contributed by atoms with Crippen molar-refractivity contribution in [2.75, 3.05) is 0 Å². The lowest BCUT2D eigenvalue weighted by atomic mass is 9.95. The van der Waals surface area contributed by atoms with Gasteiger partial charge in [-0.25, -0.2) is 0 Å². The molecule has 0 unspecified atom stereocenters. The first kappa shape index (κ1) is 19.3. The van der Waals surface area contributed by atoms with Crippen LogP contribution in [0, 0.1) is 0 Å². The molecule has 6 nitrogen and oxygen atoms in total. The van der Waals surface area contributed by atoms with Crippen LogP contribution in [-0.4, -0.2) is 26.9 Å². The van der Waals surface area contributed by atoms with E-state index in [4.69, 9.17) is 10.8 Å². The minimum Gasteiger partial charge on any atom is -0.480 e. The van der Waals surface area contributed by atoms with Crippen LogP contribution < -0.4 is 5.73 Å². The molecule has 0 aliphatic rings. The van der Waals surface area contributed by atoms with Crippen LogP contribution in [0.4, 0.5) is 0 Å². The predicted molar refractivity (Wildman–Crippen MR) is 104 cm³/mol. The van der Waals surface area contributed by atoms with Crippen LogP contribution in [0.25, 0.3) is 21.9 Å². The van der Waals surface area contributed by atoms with Gasteiger partial charge >= 0.3 is 13.6 Å². The van der Waals surface area contributed by atoms with Gasteiger partial charge in [0.1, 0.15) is 6.04 Å². The number of hydrogen-bond donors (Lipinski definition) is 4. The highest BCUT2D eigenvalue weighted by Crippen LogP contribution is 2.40. The molecule has 3 aromatic carbocycles. The Morgan fingerprint density at radius 3 is 2.26 bits per heavy atom. The van der Waals surface area contributed by atoms with E-state index in [0.29, 0.717) is 11.1 Å². The van der Waals surface area contributed by atoms with Gasteiger partial charge in [-0.05, 0) is 45.5 Å². The summed E-state index contributed by atoms with van der Waals surface area (Å²) in [7, 11) is -4.26. The van der Waals surface area contributed by atoms with Crippen LogP contribution in [0.5, 0.6) is 0 Å². The highest BCUT2D eigenvalue weighted by atomic mass is 31.2. The van der Waals surface area contributed by atoms with Crippen LogP contribution in [0.3, 0.4) is 0 Å². The molecule has 0 aromatic heterocycles. The first-order valence-electron chi connectivity index (χ1n) is 8.36. The summed E-state index contributed by atoms with van der Waals surface area (Å²) in [5, 5.41) is 11.2. The van der Waals surface area contributed by atoms with Crippen molar-refractivity contribution in [3.8, 4) is 11.1 Å². The lowest BCUT2D eigenvalue weighted by molar-refractivity contribution is -0.138. The van der Waals surface area contributed by atoms with Crippen molar-refractivity contribution in [3.05, 3.63) is 71.8 Å². The van der Waals surface area contributed by atoms with E-state index < -0.39 is 25.8 Å². The normalized spacial score (nSPS) is 12.9. The van der Waals surface area contributed by atoms with Gasteiger partial charge in [0, 0.05) is 0 Å². The minimum absolute atomic E-state index is 0.0743. The molecule has 0 saturated carbocycles. The van der Waals surface area contributed by atoms with E-state index >= 15 is 0 Å². The molecule has 5 N–H and O–H groups in total. The number of hydrogen-bond acceptors (Lipinski definition) is 3. The monoisotopic (exact) mass is 385 g/mol. The molecular formula is C20H20NO5P. The Bertz CT molecular complexity index is 1040. The summed E-state index contributed by atoms with van der Waals surface area (Å²) in [5.41, 5.74) is 8.35. The summed E-state index contributed by atoms with van der Waals surface area (Å²) in [6.07, 6.45) is -0.339.